The van der Waals surface area contributed by atoms with Crippen LogP contribution in [0.25, 0.3) is 0 Å². The SMILES string of the molecule is C=C(C)C(CCC)CCC1OC(OC(C)=O)C=CC1=O. The van der Waals surface area contributed by atoms with E-state index in [2.05, 4.69) is 13.5 Å². The number of allylic oxidation sites excluding steroid dienone is 1. The minimum absolute atomic E-state index is 0.0645. The molecule has 0 N–H and O–H groups in total. The second-order valence-corrected chi connectivity index (χ2v) is 5.27. The second-order valence-electron chi connectivity index (χ2n) is 5.27. The summed E-state index contributed by atoms with van der Waals surface area (Å²) in [6.45, 7) is 9.48. The Bertz CT molecular complexity index is 397. The number of esters is 1. The number of rotatable bonds is 7. The molecule has 0 fully saturated rings. The summed E-state index contributed by atoms with van der Waals surface area (Å²) in [5.41, 5.74) is 1.14. The average molecular weight is 280 g/mol. The van der Waals surface area contributed by atoms with E-state index in [1.165, 1.54) is 19.1 Å². The standard InChI is InChI=1S/C16H24O4/c1-5-6-13(11(2)3)7-9-15-14(18)8-10-16(20-15)19-12(4)17/h8,10,13,15-16H,2,5-7,9H2,1,3-4H3. The second kappa shape index (κ2) is 8.00. The van der Waals surface area contributed by atoms with Gasteiger partial charge in [0.25, 0.3) is 0 Å². The molecule has 0 bridgehead atoms. The summed E-state index contributed by atoms with van der Waals surface area (Å²) in [4.78, 5) is 22.7. The van der Waals surface area contributed by atoms with E-state index in [0.717, 1.165) is 24.8 Å². The molecule has 3 atom stereocenters. The minimum atomic E-state index is -0.746. The van der Waals surface area contributed by atoms with Gasteiger partial charge < -0.3 is 9.47 Å². The Hall–Kier alpha value is -1.42. The molecular weight excluding hydrogens is 256 g/mol. The van der Waals surface area contributed by atoms with Gasteiger partial charge in [-0.3, -0.25) is 9.59 Å². The fourth-order valence-electron chi connectivity index (χ4n) is 2.33. The molecule has 4 heteroatoms. The number of ketones is 1. The van der Waals surface area contributed by atoms with Crippen LogP contribution in [0.5, 0.6) is 0 Å². The van der Waals surface area contributed by atoms with Gasteiger partial charge in [-0.15, -0.1) is 0 Å². The zero-order chi connectivity index (χ0) is 15.1. The van der Waals surface area contributed by atoms with Crippen molar-refractivity contribution < 1.29 is 19.1 Å². The summed E-state index contributed by atoms with van der Waals surface area (Å²) in [6.07, 6.45) is 5.29. The number of carbonyl (C=O) groups is 2. The van der Waals surface area contributed by atoms with Crippen LogP contribution in [0.1, 0.15) is 46.5 Å². The first-order valence-corrected chi connectivity index (χ1v) is 7.14. The first-order valence-electron chi connectivity index (χ1n) is 7.14. The van der Waals surface area contributed by atoms with E-state index < -0.39 is 18.4 Å². The molecule has 0 aromatic carbocycles. The molecule has 20 heavy (non-hydrogen) atoms. The Morgan fingerprint density at radius 1 is 1.45 bits per heavy atom. The van der Waals surface area contributed by atoms with Crippen LogP contribution in [0.2, 0.25) is 0 Å². The molecular formula is C16H24O4. The summed E-state index contributed by atoms with van der Waals surface area (Å²) < 4.78 is 10.5. The van der Waals surface area contributed by atoms with Crippen molar-refractivity contribution in [3.63, 3.8) is 0 Å². The lowest BCUT2D eigenvalue weighted by Crippen LogP contribution is -2.34. The average Bonchev–Trinajstić information content (AvgIpc) is 2.36. The van der Waals surface area contributed by atoms with E-state index in [-0.39, 0.29) is 5.78 Å². The summed E-state index contributed by atoms with van der Waals surface area (Å²) in [5, 5.41) is 0. The topological polar surface area (TPSA) is 52.6 Å². The maximum Gasteiger partial charge on any atom is 0.305 e. The lowest BCUT2D eigenvalue weighted by atomic mass is 9.90. The lowest BCUT2D eigenvalue weighted by Gasteiger charge is -2.26. The van der Waals surface area contributed by atoms with Gasteiger partial charge >= 0.3 is 5.97 Å². The van der Waals surface area contributed by atoms with Crippen molar-refractivity contribution in [1.29, 1.82) is 0 Å². The van der Waals surface area contributed by atoms with Crippen molar-refractivity contribution in [3.8, 4) is 0 Å². The molecule has 0 aromatic rings. The van der Waals surface area contributed by atoms with Gasteiger partial charge in [0.15, 0.2) is 5.78 Å². The molecule has 1 rings (SSSR count). The molecule has 0 spiro atoms. The molecule has 0 saturated carbocycles. The van der Waals surface area contributed by atoms with Gasteiger partial charge in [0, 0.05) is 6.92 Å². The van der Waals surface area contributed by atoms with Gasteiger partial charge in [-0.2, -0.15) is 0 Å². The molecule has 1 aliphatic heterocycles. The molecule has 1 aliphatic rings. The monoisotopic (exact) mass is 280 g/mol. The van der Waals surface area contributed by atoms with Crippen molar-refractivity contribution in [2.75, 3.05) is 0 Å². The van der Waals surface area contributed by atoms with E-state index in [1.807, 2.05) is 6.92 Å². The number of hydrogen-bond acceptors (Lipinski definition) is 4. The Morgan fingerprint density at radius 2 is 2.15 bits per heavy atom. The molecule has 0 aliphatic carbocycles. The summed E-state index contributed by atoms with van der Waals surface area (Å²) in [5.74, 6) is -0.0709. The van der Waals surface area contributed by atoms with Crippen LogP contribution in [0.15, 0.2) is 24.3 Å². The maximum absolute atomic E-state index is 11.8. The third-order valence-electron chi connectivity index (χ3n) is 3.43. The maximum atomic E-state index is 11.8. The third-order valence-corrected chi connectivity index (χ3v) is 3.43. The summed E-state index contributed by atoms with van der Waals surface area (Å²) in [6, 6.07) is 0. The highest BCUT2D eigenvalue weighted by atomic mass is 16.7. The van der Waals surface area contributed by atoms with E-state index in [9.17, 15) is 9.59 Å². The number of carbonyl (C=O) groups excluding carboxylic acids is 2. The first-order chi connectivity index (χ1) is 9.43. The zero-order valence-corrected chi connectivity index (χ0v) is 12.6. The van der Waals surface area contributed by atoms with Crippen LogP contribution in [-0.4, -0.2) is 24.1 Å². The van der Waals surface area contributed by atoms with Crippen LogP contribution in [0.4, 0.5) is 0 Å². The van der Waals surface area contributed by atoms with Gasteiger partial charge in [0.1, 0.15) is 6.10 Å². The van der Waals surface area contributed by atoms with Crippen LogP contribution in [-0.2, 0) is 19.1 Å². The summed E-state index contributed by atoms with van der Waals surface area (Å²) >= 11 is 0. The molecule has 0 radical (unpaired) electrons. The van der Waals surface area contributed by atoms with E-state index in [1.54, 1.807) is 0 Å². The van der Waals surface area contributed by atoms with Crippen LogP contribution < -0.4 is 0 Å². The van der Waals surface area contributed by atoms with Gasteiger partial charge in [0.2, 0.25) is 6.29 Å². The Morgan fingerprint density at radius 3 is 2.70 bits per heavy atom. The van der Waals surface area contributed by atoms with E-state index >= 15 is 0 Å². The number of hydrogen-bond donors (Lipinski definition) is 0. The highest BCUT2D eigenvalue weighted by Crippen LogP contribution is 2.24. The van der Waals surface area contributed by atoms with Gasteiger partial charge in [-0.1, -0.05) is 25.5 Å². The fraction of sp³-hybridized carbons (Fsp3) is 0.625. The zero-order valence-electron chi connectivity index (χ0n) is 12.6. The largest absolute Gasteiger partial charge is 0.432 e. The molecule has 0 amide bonds. The van der Waals surface area contributed by atoms with E-state index in [4.69, 9.17) is 9.47 Å². The van der Waals surface area contributed by atoms with Crippen molar-refractivity contribution in [2.24, 2.45) is 5.92 Å². The quantitative estimate of drug-likeness (QED) is 0.531. The van der Waals surface area contributed by atoms with Gasteiger partial charge in [-0.05, 0) is 44.3 Å². The molecule has 112 valence electrons. The highest BCUT2D eigenvalue weighted by Gasteiger charge is 2.27. The Balaban J connectivity index is 2.53. The van der Waals surface area contributed by atoms with E-state index in [0.29, 0.717) is 12.3 Å². The molecule has 0 aromatic heterocycles. The predicted octanol–water partition coefficient (Wildman–Crippen LogP) is 3.17. The van der Waals surface area contributed by atoms with Gasteiger partial charge in [-0.25, -0.2) is 0 Å². The fourth-order valence-corrected chi connectivity index (χ4v) is 2.33. The smallest absolute Gasteiger partial charge is 0.305 e. The van der Waals surface area contributed by atoms with Crippen molar-refractivity contribution >= 4 is 11.8 Å². The first kappa shape index (κ1) is 16.6. The minimum Gasteiger partial charge on any atom is -0.432 e. The predicted molar refractivity (Wildman–Crippen MR) is 77.0 cm³/mol. The highest BCUT2D eigenvalue weighted by molar-refractivity contribution is 5.94. The van der Waals surface area contributed by atoms with Gasteiger partial charge in [0.05, 0.1) is 0 Å². The summed E-state index contributed by atoms with van der Waals surface area (Å²) in [7, 11) is 0. The Labute approximate surface area is 120 Å². The molecule has 3 unspecified atom stereocenters. The Kier molecular flexibility index (Phi) is 6.65. The molecule has 0 saturated heterocycles. The van der Waals surface area contributed by atoms with Crippen molar-refractivity contribution in [1.82, 2.24) is 0 Å². The van der Waals surface area contributed by atoms with Crippen LogP contribution >= 0.6 is 0 Å². The normalized spacial score (nSPS) is 23.4. The number of ether oxygens (including phenoxy) is 2. The third kappa shape index (κ3) is 5.29. The van der Waals surface area contributed by atoms with Crippen molar-refractivity contribution in [3.05, 3.63) is 24.3 Å². The lowest BCUT2D eigenvalue weighted by molar-refractivity contribution is -0.180. The van der Waals surface area contributed by atoms with Crippen LogP contribution in [0, 0.1) is 5.92 Å². The van der Waals surface area contributed by atoms with Crippen molar-refractivity contribution in [2.45, 2.75) is 58.8 Å². The van der Waals surface area contributed by atoms with Crippen LogP contribution in [0.3, 0.4) is 0 Å². The molecule has 4 nitrogen and oxygen atoms in total. The molecule has 1 heterocycles.